The maximum Gasteiger partial charge on any atom is 0.221 e. The standard InChI is InChI=1S/C23H35ClN4O/c1-6-28(7-2)13-11-22(29)26-16-17(3)15-23(4,5)27-20-10-12-25-21-14-18(24)8-9-19(20)21/h8-10,12,14,17H,6-7,11,13,15-16H2,1-5H3,(H,25,27)(H,26,29). The number of carbonyl (C=O) groups excluding carboxylic acids is 1. The van der Waals surface area contributed by atoms with E-state index in [4.69, 9.17) is 11.6 Å². The number of rotatable bonds is 11. The summed E-state index contributed by atoms with van der Waals surface area (Å²) in [6, 6.07) is 7.77. The lowest BCUT2D eigenvalue weighted by atomic mass is 9.91. The van der Waals surface area contributed by atoms with Crippen LogP contribution in [0.1, 0.15) is 47.5 Å². The molecule has 0 saturated heterocycles. The topological polar surface area (TPSA) is 57.3 Å². The maximum absolute atomic E-state index is 12.1. The van der Waals surface area contributed by atoms with Gasteiger partial charge in [-0.1, -0.05) is 32.4 Å². The molecule has 0 bridgehead atoms. The Labute approximate surface area is 180 Å². The van der Waals surface area contributed by atoms with Gasteiger partial charge in [0, 0.05) is 47.3 Å². The second-order valence-corrected chi connectivity index (χ2v) is 8.86. The first-order valence-electron chi connectivity index (χ1n) is 10.6. The Morgan fingerprint density at radius 3 is 2.66 bits per heavy atom. The summed E-state index contributed by atoms with van der Waals surface area (Å²) in [4.78, 5) is 18.8. The number of amides is 1. The first-order valence-corrected chi connectivity index (χ1v) is 10.9. The van der Waals surface area contributed by atoms with Crippen molar-refractivity contribution >= 4 is 34.1 Å². The van der Waals surface area contributed by atoms with Gasteiger partial charge in [0.05, 0.1) is 5.52 Å². The molecule has 2 rings (SSSR count). The fourth-order valence-electron chi connectivity index (χ4n) is 3.77. The third-order valence-corrected chi connectivity index (χ3v) is 5.47. The van der Waals surface area contributed by atoms with Gasteiger partial charge in [-0.2, -0.15) is 0 Å². The van der Waals surface area contributed by atoms with E-state index in [1.54, 1.807) is 6.20 Å². The van der Waals surface area contributed by atoms with E-state index in [-0.39, 0.29) is 11.4 Å². The van der Waals surface area contributed by atoms with Crippen molar-refractivity contribution in [3.05, 3.63) is 35.5 Å². The van der Waals surface area contributed by atoms with Crippen molar-refractivity contribution in [2.45, 2.75) is 53.0 Å². The van der Waals surface area contributed by atoms with Gasteiger partial charge in [0.15, 0.2) is 0 Å². The molecule has 160 valence electrons. The van der Waals surface area contributed by atoms with Gasteiger partial charge >= 0.3 is 0 Å². The van der Waals surface area contributed by atoms with Crippen LogP contribution in [0.25, 0.3) is 10.9 Å². The van der Waals surface area contributed by atoms with Gasteiger partial charge in [-0.3, -0.25) is 9.78 Å². The van der Waals surface area contributed by atoms with E-state index >= 15 is 0 Å². The highest BCUT2D eigenvalue weighted by Crippen LogP contribution is 2.28. The molecule has 1 unspecified atom stereocenters. The fraction of sp³-hybridized carbons (Fsp3) is 0.565. The summed E-state index contributed by atoms with van der Waals surface area (Å²) in [5.41, 5.74) is 1.80. The second-order valence-electron chi connectivity index (χ2n) is 8.42. The number of hydrogen-bond acceptors (Lipinski definition) is 4. The molecule has 0 saturated carbocycles. The molecule has 5 nitrogen and oxygen atoms in total. The van der Waals surface area contributed by atoms with Crippen LogP contribution in [0, 0.1) is 5.92 Å². The van der Waals surface area contributed by atoms with Gasteiger partial charge in [-0.15, -0.1) is 0 Å². The van der Waals surface area contributed by atoms with Crippen LogP contribution in [0.2, 0.25) is 5.02 Å². The average Bonchev–Trinajstić information content (AvgIpc) is 2.66. The van der Waals surface area contributed by atoms with Crippen molar-refractivity contribution in [3.8, 4) is 0 Å². The van der Waals surface area contributed by atoms with Crippen molar-refractivity contribution in [3.63, 3.8) is 0 Å². The SMILES string of the molecule is CCN(CC)CCC(=O)NCC(C)CC(C)(C)Nc1ccnc2cc(Cl)ccc12. The van der Waals surface area contributed by atoms with Crippen molar-refractivity contribution < 1.29 is 4.79 Å². The smallest absolute Gasteiger partial charge is 0.221 e. The molecular weight excluding hydrogens is 384 g/mol. The lowest BCUT2D eigenvalue weighted by Crippen LogP contribution is -2.37. The summed E-state index contributed by atoms with van der Waals surface area (Å²) in [7, 11) is 0. The van der Waals surface area contributed by atoms with E-state index in [1.165, 1.54) is 0 Å². The predicted molar refractivity (Wildman–Crippen MR) is 124 cm³/mol. The van der Waals surface area contributed by atoms with E-state index in [9.17, 15) is 4.79 Å². The largest absolute Gasteiger partial charge is 0.380 e. The van der Waals surface area contributed by atoms with Gasteiger partial charge in [0.1, 0.15) is 0 Å². The molecule has 1 atom stereocenters. The normalized spacial score (nSPS) is 12.9. The Morgan fingerprint density at radius 2 is 1.97 bits per heavy atom. The molecular formula is C23H35ClN4O. The molecule has 2 N–H and O–H groups in total. The molecule has 0 fully saturated rings. The average molecular weight is 419 g/mol. The number of fused-ring (bicyclic) bond motifs is 1. The third-order valence-electron chi connectivity index (χ3n) is 5.23. The molecule has 1 amide bonds. The lowest BCUT2D eigenvalue weighted by molar-refractivity contribution is -0.121. The van der Waals surface area contributed by atoms with Crippen LogP contribution in [0.5, 0.6) is 0 Å². The maximum atomic E-state index is 12.1. The monoisotopic (exact) mass is 418 g/mol. The second kappa shape index (κ2) is 10.8. The predicted octanol–water partition coefficient (Wildman–Crippen LogP) is 4.95. The number of benzene rings is 1. The molecule has 6 heteroatoms. The van der Waals surface area contributed by atoms with E-state index < -0.39 is 0 Å². The zero-order chi connectivity index (χ0) is 21.4. The molecule has 0 radical (unpaired) electrons. The van der Waals surface area contributed by atoms with Crippen molar-refractivity contribution in [1.29, 1.82) is 0 Å². The molecule has 0 aliphatic carbocycles. The lowest BCUT2D eigenvalue weighted by Gasteiger charge is -2.31. The van der Waals surface area contributed by atoms with E-state index in [1.807, 2.05) is 24.3 Å². The minimum Gasteiger partial charge on any atom is -0.380 e. The summed E-state index contributed by atoms with van der Waals surface area (Å²) in [5, 5.41) is 8.49. The van der Waals surface area contributed by atoms with E-state index in [0.29, 0.717) is 23.9 Å². The zero-order valence-electron chi connectivity index (χ0n) is 18.4. The molecule has 1 heterocycles. The van der Waals surface area contributed by atoms with Crippen LogP contribution in [-0.4, -0.2) is 47.5 Å². The number of halogens is 1. The van der Waals surface area contributed by atoms with Crippen LogP contribution in [-0.2, 0) is 4.79 Å². The van der Waals surface area contributed by atoms with Gasteiger partial charge in [-0.05, 0) is 63.5 Å². The number of carbonyl (C=O) groups is 1. The molecule has 1 aromatic carbocycles. The highest BCUT2D eigenvalue weighted by Gasteiger charge is 2.22. The summed E-state index contributed by atoms with van der Waals surface area (Å²) in [6.07, 6.45) is 3.29. The number of aromatic nitrogens is 1. The van der Waals surface area contributed by atoms with Crippen molar-refractivity contribution in [2.24, 2.45) is 5.92 Å². The van der Waals surface area contributed by atoms with Crippen LogP contribution in [0.3, 0.4) is 0 Å². The molecule has 1 aromatic heterocycles. The Kier molecular flexibility index (Phi) is 8.72. The van der Waals surface area contributed by atoms with Crippen LogP contribution in [0.4, 0.5) is 5.69 Å². The van der Waals surface area contributed by atoms with Crippen LogP contribution >= 0.6 is 11.6 Å². The van der Waals surface area contributed by atoms with Crippen molar-refractivity contribution in [1.82, 2.24) is 15.2 Å². The third kappa shape index (κ3) is 7.48. The van der Waals surface area contributed by atoms with Gasteiger partial charge in [0.2, 0.25) is 5.91 Å². The Morgan fingerprint density at radius 1 is 1.24 bits per heavy atom. The summed E-state index contributed by atoms with van der Waals surface area (Å²) < 4.78 is 0. The minimum atomic E-state index is -0.126. The molecule has 0 aliphatic rings. The number of nitrogens with zero attached hydrogens (tertiary/aromatic N) is 2. The Hall–Kier alpha value is -1.85. The minimum absolute atomic E-state index is 0.126. The zero-order valence-corrected chi connectivity index (χ0v) is 19.1. The first kappa shape index (κ1) is 23.4. The molecule has 0 aliphatic heterocycles. The number of pyridine rings is 1. The van der Waals surface area contributed by atoms with Crippen molar-refractivity contribution in [2.75, 3.05) is 31.5 Å². The summed E-state index contributed by atoms with van der Waals surface area (Å²) in [5.74, 6) is 0.490. The van der Waals surface area contributed by atoms with Gasteiger partial charge < -0.3 is 15.5 Å². The highest BCUT2D eigenvalue weighted by atomic mass is 35.5. The van der Waals surface area contributed by atoms with Gasteiger partial charge in [0.25, 0.3) is 0 Å². The quantitative estimate of drug-likeness (QED) is 0.541. The Bertz CT molecular complexity index is 805. The summed E-state index contributed by atoms with van der Waals surface area (Å²) in [6.45, 7) is 14.3. The van der Waals surface area contributed by atoms with Gasteiger partial charge in [-0.25, -0.2) is 0 Å². The van der Waals surface area contributed by atoms with E-state index in [0.717, 1.165) is 42.6 Å². The highest BCUT2D eigenvalue weighted by molar-refractivity contribution is 6.31. The Balaban J connectivity index is 1.88. The fourth-order valence-corrected chi connectivity index (χ4v) is 3.93. The summed E-state index contributed by atoms with van der Waals surface area (Å²) >= 11 is 6.09. The van der Waals surface area contributed by atoms with Crippen LogP contribution in [0.15, 0.2) is 30.5 Å². The first-order chi connectivity index (χ1) is 13.7. The molecule has 2 aromatic rings. The number of anilines is 1. The molecule has 29 heavy (non-hydrogen) atoms. The number of hydrogen-bond donors (Lipinski definition) is 2. The van der Waals surface area contributed by atoms with E-state index in [2.05, 4.69) is 55.1 Å². The molecule has 0 spiro atoms. The number of nitrogens with one attached hydrogen (secondary N) is 2. The van der Waals surface area contributed by atoms with Crippen LogP contribution < -0.4 is 10.6 Å².